The zero-order valence-electron chi connectivity index (χ0n) is 17.7. The van der Waals surface area contributed by atoms with E-state index in [4.69, 9.17) is 0 Å². The highest BCUT2D eigenvalue weighted by molar-refractivity contribution is 7.99. The van der Waals surface area contributed by atoms with Gasteiger partial charge in [0.2, 0.25) is 5.95 Å². The predicted molar refractivity (Wildman–Crippen MR) is 121 cm³/mol. The summed E-state index contributed by atoms with van der Waals surface area (Å²) in [6, 6.07) is 2.13. The fourth-order valence-corrected chi connectivity index (χ4v) is 4.65. The summed E-state index contributed by atoms with van der Waals surface area (Å²) in [4.78, 5) is 26.0. The molecule has 0 unspecified atom stereocenters. The Labute approximate surface area is 178 Å². The average molecular weight is 427 g/mol. The van der Waals surface area contributed by atoms with E-state index < -0.39 is 0 Å². The zero-order chi connectivity index (χ0) is 21.3. The normalized spacial score (nSPS) is 16.1. The lowest BCUT2D eigenvalue weighted by atomic mass is 10.2. The minimum absolute atomic E-state index is 0.0378. The van der Waals surface area contributed by atoms with Crippen molar-refractivity contribution in [2.75, 3.05) is 16.8 Å². The van der Waals surface area contributed by atoms with Gasteiger partial charge in [-0.2, -0.15) is 21.8 Å². The second kappa shape index (κ2) is 8.47. The minimum atomic E-state index is -0.0378. The lowest BCUT2D eigenvalue weighted by Crippen LogP contribution is -2.26. The predicted octanol–water partition coefficient (Wildman–Crippen LogP) is 3.32. The van der Waals surface area contributed by atoms with Gasteiger partial charge >= 0.3 is 5.69 Å². The fraction of sp³-hybridized carbons (Fsp3) is 0.450. The SMILES string of the molecule is CCC.Cc1cc2ncnn2cc1Nc1ncc2c(n1)n([C@H]1CCSC1)c(=O)n2C. The summed E-state index contributed by atoms with van der Waals surface area (Å²) in [5.41, 5.74) is 4.01. The summed E-state index contributed by atoms with van der Waals surface area (Å²) in [5, 5.41) is 7.42. The molecule has 0 saturated carbocycles. The van der Waals surface area contributed by atoms with Crippen LogP contribution >= 0.6 is 11.8 Å². The molecule has 5 heterocycles. The van der Waals surface area contributed by atoms with Crippen LogP contribution < -0.4 is 11.0 Å². The van der Waals surface area contributed by atoms with Crippen LogP contribution in [0.3, 0.4) is 0 Å². The number of nitrogens with zero attached hydrogens (tertiary/aromatic N) is 7. The molecular formula is C20H26N8OS. The standard InChI is InChI=1S/C17H18N8OS.C3H8/c1-10-5-14-19-9-20-24(14)7-12(10)21-16-18-6-13-15(22-16)25(17(26)23(13)2)11-3-4-27-8-11;1-3-2/h5-7,9,11H,3-4,8H2,1-2H3,(H,18,21,22);3H2,1-2H3/t11-;/m0./s1. The monoisotopic (exact) mass is 426 g/mol. The first-order chi connectivity index (χ1) is 14.5. The van der Waals surface area contributed by atoms with Crippen molar-refractivity contribution in [2.24, 2.45) is 7.05 Å². The lowest BCUT2D eigenvalue weighted by Gasteiger charge is -2.11. The van der Waals surface area contributed by atoms with Gasteiger partial charge < -0.3 is 5.32 Å². The Kier molecular flexibility index (Phi) is 5.76. The quantitative estimate of drug-likeness (QED) is 0.537. The largest absolute Gasteiger partial charge is 0.330 e. The molecular weight excluding hydrogens is 400 g/mol. The van der Waals surface area contributed by atoms with Crippen molar-refractivity contribution in [1.29, 1.82) is 0 Å². The van der Waals surface area contributed by atoms with Gasteiger partial charge in [-0.15, -0.1) is 0 Å². The molecule has 0 aliphatic carbocycles. The van der Waals surface area contributed by atoms with E-state index in [-0.39, 0.29) is 11.7 Å². The molecule has 1 aliphatic rings. The van der Waals surface area contributed by atoms with Gasteiger partial charge in [-0.25, -0.2) is 19.3 Å². The fourth-order valence-electron chi connectivity index (χ4n) is 3.46. The molecule has 1 saturated heterocycles. The van der Waals surface area contributed by atoms with Crippen LogP contribution in [0.25, 0.3) is 16.8 Å². The summed E-state index contributed by atoms with van der Waals surface area (Å²) >= 11 is 1.87. The van der Waals surface area contributed by atoms with E-state index in [1.165, 1.54) is 12.7 Å². The van der Waals surface area contributed by atoms with E-state index >= 15 is 0 Å². The zero-order valence-corrected chi connectivity index (χ0v) is 18.5. The maximum Gasteiger partial charge on any atom is 0.330 e. The Morgan fingerprint density at radius 1 is 1.30 bits per heavy atom. The number of hydrogen-bond donors (Lipinski definition) is 1. The van der Waals surface area contributed by atoms with Crippen molar-refractivity contribution in [3.05, 3.63) is 40.8 Å². The van der Waals surface area contributed by atoms with Gasteiger partial charge in [0, 0.05) is 12.8 Å². The Hall–Kier alpha value is -2.88. The van der Waals surface area contributed by atoms with Crippen molar-refractivity contribution >= 4 is 40.2 Å². The summed E-state index contributed by atoms with van der Waals surface area (Å²) in [5.74, 6) is 2.46. The first-order valence-corrected chi connectivity index (χ1v) is 11.3. The molecule has 1 atom stereocenters. The topological polar surface area (TPSA) is 94.9 Å². The van der Waals surface area contributed by atoms with Crippen LogP contribution in [0.1, 0.15) is 38.3 Å². The van der Waals surface area contributed by atoms with Crippen LogP contribution in [0.5, 0.6) is 0 Å². The molecule has 5 rings (SSSR count). The second-order valence-corrected chi connectivity index (χ2v) is 8.55. The highest BCUT2D eigenvalue weighted by Gasteiger charge is 2.24. The number of hydrogen-bond acceptors (Lipinski definition) is 7. The molecule has 1 aliphatic heterocycles. The summed E-state index contributed by atoms with van der Waals surface area (Å²) in [7, 11) is 1.77. The van der Waals surface area contributed by atoms with E-state index in [1.54, 1.807) is 22.3 Å². The Morgan fingerprint density at radius 3 is 2.83 bits per heavy atom. The van der Waals surface area contributed by atoms with E-state index in [9.17, 15) is 4.79 Å². The van der Waals surface area contributed by atoms with Crippen LogP contribution in [0.15, 0.2) is 29.6 Å². The molecule has 0 radical (unpaired) electrons. The summed E-state index contributed by atoms with van der Waals surface area (Å²) < 4.78 is 5.13. The molecule has 10 heteroatoms. The molecule has 0 amide bonds. The number of rotatable bonds is 3. The lowest BCUT2D eigenvalue weighted by molar-refractivity contribution is 0.544. The third-order valence-corrected chi connectivity index (χ3v) is 6.12. The molecule has 30 heavy (non-hydrogen) atoms. The number of fused-ring (bicyclic) bond motifs is 2. The van der Waals surface area contributed by atoms with Crippen LogP contribution in [0.4, 0.5) is 11.6 Å². The number of aryl methyl sites for hydroxylation is 2. The molecule has 4 aromatic rings. The Balaban J connectivity index is 0.000000687. The van der Waals surface area contributed by atoms with Crippen molar-refractivity contribution in [2.45, 2.75) is 39.7 Å². The minimum Gasteiger partial charge on any atom is -0.323 e. The molecule has 1 fully saturated rings. The Bertz CT molecular complexity index is 1240. The molecule has 158 valence electrons. The molecule has 1 N–H and O–H groups in total. The molecule has 9 nitrogen and oxygen atoms in total. The highest BCUT2D eigenvalue weighted by Crippen LogP contribution is 2.29. The van der Waals surface area contributed by atoms with E-state index in [1.807, 2.05) is 35.5 Å². The van der Waals surface area contributed by atoms with Crippen LogP contribution in [0.2, 0.25) is 0 Å². The number of aromatic nitrogens is 7. The number of thioether (sulfide) groups is 1. The van der Waals surface area contributed by atoms with Crippen molar-refractivity contribution < 1.29 is 0 Å². The third kappa shape index (κ3) is 3.67. The van der Waals surface area contributed by atoms with E-state index in [2.05, 4.69) is 39.2 Å². The number of pyridine rings is 1. The van der Waals surface area contributed by atoms with Gasteiger partial charge in [0.05, 0.1) is 24.1 Å². The van der Waals surface area contributed by atoms with Gasteiger partial charge in [-0.1, -0.05) is 20.3 Å². The molecule has 4 aromatic heterocycles. The summed E-state index contributed by atoms with van der Waals surface area (Å²) in [6.07, 6.45) is 7.31. The van der Waals surface area contributed by atoms with Gasteiger partial charge in [0.1, 0.15) is 11.8 Å². The van der Waals surface area contributed by atoms with Crippen LogP contribution in [-0.4, -0.2) is 45.2 Å². The molecule has 0 spiro atoms. The average Bonchev–Trinajstić information content (AvgIpc) is 3.44. The van der Waals surface area contributed by atoms with Gasteiger partial charge in [-0.05, 0) is 30.7 Å². The molecule has 0 aromatic carbocycles. The molecule has 0 bridgehead atoms. The maximum absolute atomic E-state index is 12.7. The van der Waals surface area contributed by atoms with Gasteiger partial charge in [0.15, 0.2) is 11.3 Å². The Morgan fingerprint density at radius 2 is 2.10 bits per heavy atom. The number of nitrogens with one attached hydrogen (secondary N) is 1. The van der Waals surface area contributed by atoms with Crippen LogP contribution in [-0.2, 0) is 7.05 Å². The van der Waals surface area contributed by atoms with Crippen molar-refractivity contribution in [3.63, 3.8) is 0 Å². The third-order valence-electron chi connectivity index (χ3n) is 4.97. The first kappa shape index (κ1) is 20.4. The number of anilines is 2. The highest BCUT2D eigenvalue weighted by atomic mass is 32.2. The first-order valence-electron chi connectivity index (χ1n) is 10.1. The second-order valence-electron chi connectivity index (χ2n) is 7.40. The van der Waals surface area contributed by atoms with Crippen molar-refractivity contribution in [1.82, 2.24) is 33.7 Å². The van der Waals surface area contributed by atoms with E-state index in [0.717, 1.165) is 40.3 Å². The van der Waals surface area contributed by atoms with E-state index in [0.29, 0.717) is 11.6 Å². The smallest absolute Gasteiger partial charge is 0.323 e. The van der Waals surface area contributed by atoms with Crippen LogP contribution in [0, 0.1) is 6.92 Å². The summed E-state index contributed by atoms with van der Waals surface area (Å²) in [6.45, 7) is 6.24. The van der Waals surface area contributed by atoms with Crippen molar-refractivity contribution in [3.8, 4) is 0 Å². The maximum atomic E-state index is 12.7. The van der Waals surface area contributed by atoms with Gasteiger partial charge in [-0.3, -0.25) is 9.13 Å². The number of imidazole rings is 1. The van der Waals surface area contributed by atoms with Gasteiger partial charge in [0.25, 0.3) is 0 Å².